The monoisotopic (exact) mass is 627 g/mol. The molecule has 43 heavy (non-hydrogen) atoms. The van der Waals surface area contributed by atoms with E-state index in [0.29, 0.717) is 138 Å². The normalized spacial score (nSPS) is 12.5. The summed E-state index contributed by atoms with van der Waals surface area (Å²) in [5.74, 6) is 0.595. The molecule has 1 unspecified atom stereocenters. The fourth-order valence-electron chi connectivity index (χ4n) is 2.92. The highest BCUT2D eigenvalue weighted by atomic mass is 16.6. The molecule has 13 heteroatoms. The summed E-state index contributed by atoms with van der Waals surface area (Å²) in [5.41, 5.74) is -0.508. The molecule has 0 aliphatic rings. The average molecular weight is 628 g/mol. The number of ether oxygens (including phenoxy) is 11. The first-order valence-corrected chi connectivity index (χ1v) is 15.6. The van der Waals surface area contributed by atoms with E-state index in [2.05, 4.69) is 19.2 Å². The van der Waals surface area contributed by atoms with Crippen LogP contribution in [-0.4, -0.2) is 150 Å². The molecule has 0 fully saturated rings. The number of amides is 1. The Bertz CT molecular complexity index is 580. The summed E-state index contributed by atoms with van der Waals surface area (Å²) in [7, 11) is 0. The minimum Gasteiger partial charge on any atom is -0.444 e. The minimum atomic E-state index is -0.508. The van der Waals surface area contributed by atoms with Crippen LogP contribution in [0, 0.1) is 5.92 Å². The molecule has 0 aliphatic carbocycles. The Hall–Kier alpha value is -1.13. The van der Waals surface area contributed by atoms with Gasteiger partial charge in [0.15, 0.2) is 0 Å². The lowest BCUT2D eigenvalue weighted by molar-refractivity contribution is -0.0268. The Balaban J connectivity index is 3.10. The van der Waals surface area contributed by atoms with Gasteiger partial charge in [-0.3, -0.25) is 0 Å². The highest BCUT2D eigenvalue weighted by molar-refractivity contribution is 5.67. The van der Waals surface area contributed by atoms with Gasteiger partial charge >= 0.3 is 6.09 Å². The molecular formula is C30H61NO12. The second-order valence-corrected chi connectivity index (χ2v) is 10.5. The van der Waals surface area contributed by atoms with E-state index in [0.717, 1.165) is 13.0 Å². The molecule has 0 saturated heterocycles. The Morgan fingerprint density at radius 1 is 0.512 bits per heavy atom. The van der Waals surface area contributed by atoms with E-state index in [1.165, 1.54) is 0 Å². The first kappa shape index (κ1) is 41.9. The fraction of sp³-hybridized carbons (Fsp3) is 0.967. The van der Waals surface area contributed by atoms with Gasteiger partial charge in [-0.05, 0) is 26.7 Å². The van der Waals surface area contributed by atoms with Gasteiger partial charge in [0.2, 0.25) is 0 Å². The van der Waals surface area contributed by atoms with Crippen molar-refractivity contribution in [1.29, 1.82) is 0 Å². The molecule has 0 saturated carbocycles. The topological polar surface area (TPSA) is 131 Å². The van der Waals surface area contributed by atoms with E-state index in [1.54, 1.807) is 0 Å². The van der Waals surface area contributed by atoms with E-state index in [4.69, 9.17) is 52.1 Å². The zero-order valence-electron chi connectivity index (χ0n) is 27.5. The first-order chi connectivity index (χ1) is 20.8. The molecule has 0 aromatic rings. The van der Waals surface area contributed by atoms with Crippen molar-refractivity contribution in [3.8, 4) is 0 Å². The van der Waals surface area contributed by atoms with Gasteiger partial charge in [-0.25, -0.2) is 4.79 Å². The van der Waals surface area contributed by atoms with Crippen molar-refractivity contribution in [2.24, 2.45) is 5.92 Å². The summed E-state index contributed by atoms with van der Waals surface area (Å²) in [4.78, 5) is 11.5. The molecule has 258 valence electrons. The van der Waals surface area contributed by atoms with Gasteiger partial charge in [-0.15, -0.1) is 0 Å². The Kier molecular flexibility index (Phi) is 31.4. The van der Waals surface area contributed by atoms with Crippen LogP contribution in [0.5, 0.6) is 0 Å². The summed E-state index contributed by atoms with van der Waals surface area (Å²) >= 11 is 0. The molecule has 0 radical (unpaired) electrons. The van der Waals surface area contributed by atoms with Gasteiger partial charge in [0.1, 0.15) is 5.60 Å². The maximum atomic E-state index is 11.5. The van der Waals surface area contributed by atoms with Crippen molar-refractivity contribution in [2.45, 2.75) is 46.6 Å². The summed E-state index contributed by atoms with van der Waals surface area (Å²) < 4.78 is 59.7. The fourth-order valence-corrected chi connectivity index (χ4v) is 2.92. The van der Waals surface area contributed by atoms with Crippen molar-refractivity contribution in [3.63, 3.8) is 0 Å². The highest BCUT2D eigenvalue weighted by Crippen LogP contribution is 2.06. The molecule has 0 spiro atoms. The minimum absolute atomic E-state index is 0.386. The van der Waals surface area contributed by atoms with Crippen LogP contribution in [0.3, 0.4) is 0 Å². The number of hydrogen-bond acceptors (Lipinski definition) is 12. The van der Waals surface area contributed by atoms with Gasteiger partial charge < -0.3 is 57.4 Å². The molecule has 1 amide bonds. The van der Waals surface area contributed by atoms with Gasteiger partial charge in [0.05, 0.1) is 126 Å². The third-order valence-corrected chi connectivity index (χ3v) is 5.36. The molecule has 0 aliphatic heterocycles. The Labute approximate surface area is 259 Å². The summed E-state index contributed by atoms with van der Waals surface area (Å²) in [6.45, 7) is 20.6. The molecule has 0 heterocycles. The van der Waals surface area contributed by atoms with E-state index >= 15 is 0 Å². The van der Waals surface area contributed by atoms with Crippen LogP contribution in [0.2, 0.25) is 0 Å². The molecule has 1 atom stereocenters. The summed E-state index contributed by atoms with van der Waals surface area (Å²) in [6, 6.07) is 0. The molecule has 0 rings (SSSR count). The number of alkyl carbamates (subject to hydrolysis) is 1. The summed E-state index contributed by atoms with van der Waals surface area (Å²) in [6.07, 6.45) is 0.681. The van der Waals surface area contributed by atoms with Crippen LogP contribution in [-0.2, 0) is 52.1 Å². The van der Waals surface area contributed by atoms with E-state index in [1.807, 2.05) is 20.8 Å². The number of nitrogens with one attached hydrogen (secondary N) is 1. The van der Waals surface area contributed by atoms with Crippen LogP contribution in [0.4, 0.5) is 4.79 Å². The third kappa shape index (κ3) is 37.0. The van der Waals surface area contributed by atoms with E-state index in [9.17, 15) is 4.79 Å². The zero-order valence-corrected chi connectivity index (χ0v) is 27.5. The highest BCUT2D eigenvalue weighted by Gasteiger charge is 2.15. The average Bonchev–Trinajstić information content (AvgIpc) is 2.96. The maximum Gasteiger partial charge on any atom is 0.407 e. The van der Waals surface area contributed by atoms with Crippen LogP contribution in [0.15, 0.2) is 0 Å². The van der Waals surface area contributed by atoms with Crippen LogP contribution < -0.4 is 5.32 Å². The van der Waals surface area contributed by atoms with Crippen LogP contribution in [0.1, 0.15) is 41.0 Å². The number of carbonyl (C=O) groups excluding carboxylic acids is 1. The van der Waals surface area contributed by atoms with Crippen molar-refractivity contribution in [3.05, 3.63) is 0 Å². The predicted octanol–water partition coefficient (Wildman–Crippen LogP) is 2.72. The quantitative estimate of drug-likeness (QED) is 0.107. The van der Waals surface area contributed by atoms with Gasteiger partial charge in [-0.2, -0.15) is 0 Å². The molecule has 0 aromatic heterocycles. The zero-order chi connectivity index (χ0) is 31.7. The van der Waals surface area contributed by atoms with Crippen LogP contribution >= 0.6 is 0 Å². The van der Waals surface area contributed by atoms with Crippen molar-refractivity contribution < 1.29 is 56.9 Å². The number of rotatable bonds is 33. The molecule has 13 nitrogen and oxygen atoms in total. The maximum absolute atomic E-state index is 11.5. The van der Waals surface area contributed by atoms with Crippen LogP contribution in [0.25, 0.3) is 0 Å². The SMILES string of the molecule is CCC(C)COCCOCCOCCOCCOCCOCCOCCOCCOCCOCCNC(=O)OC(C)(C)C. The van der Waals surface area contributed by atoms with Crippen molar-refractivity contribution in [1.82, 2.24) is 5.32 Å². The largest absolute Gasteiger partial charge is 0.444 e. The predicted molar refractivity (Wildman–Crippen MR) is 162 cm³/mol. The first-order valence-electron chi connectivity index (χ1n) is 15.6. The second-order valence-electron chi connectivity index (χ2n) is 10.5. The number of hydrogen-bond donors (Lipinski definition) is 1. The van der Waals surface area contributed by atoms with E-state index in [-0.39, 0.29) is 0 Å². The van der Waals surface area contributed by atoms with Crippen molar-refractivity contribution >= 4 is 6.09 Å². The molecule has 0 bridgehead atoms. The smallest absolute Gasteiger partial charge is 0.407 e. The Morgan fingerprint density at radius 2 is 0.791 bits per heavy atom. The molecule has 0 aromatic carbocycles. The standard InChI is InChI=1S/C30H61NO12/c1-6-28(2)27-42-26-25-41-24-23-40-22-21-39-20-19-38-18-17-37-16-15-36-14-13-35-12-11-34-10-9-33-8-7-31-29(32)43-30(3,4)5/h28H,6-27H2,1-5H3,(H,31,32). The number of carbonyl (C=O) groups is 1. The second kappa shape index (κ2) is 32.3. The lowest BCUT2D eigenvalue weighted by Crippen LogP contribution is -2.34. The van der Waals surface area contributed by atoms with Gasteiger partial charge in [0, 0.05) is 13.2 Å². The van der Waals surface area contributed by atoms with Crippen molar-refractivity contribution in [2.75, 3.05) is 139 Å². The van der Waals surface area contributed by atoms with Gasteiger partial charge in [0.25, 0.3) is 0 Å². The molecule has 1 N–H and O–H groups in total. The lowest BCUT2D eigenvalue weighted by atomic mass is 10.1. The van der Waals surface area contributed by atoms with Gasteiger partial charge in [-0.1, -0.05) is 20.3 Å². The molecular weight excluding hydrogens is 566 g/mol. The summed E-state index contributed by atoms with van der Waals surface area (Å²) in [5, 5.41) is 2.63. The Morgan fingerprint density at radius 3 is 1.07 bits per heavy atom. The third-order valence-electron chi connectivity index (χ3n) is 5.36. The lowest BCUT2D eigenvalue weighted by Gasteiger charge is -2.19. The van der Waals surface area contributed by atoms with E-state index < -0.39 is 11.7 Å².